The lowest BCUT2D eigenvalue weighted by Crippen LogP contribution is -2.50. The van der Waals surface area contributed by atoms with E-state index in [-0.39, 0.29) is 23.1 Å². The van der Waals surface area contributed by atoms with Gasteiger partial charge < -0.3 is 14.5 Å². The van der Waals surface area contributed by atoms with Crippen molar-refractivity contribution in [2.24, 2.45) is 0 Å². The van der Waals surface area contributed by atoms with Crippen molar-refractivity contribution in [3.05, 3.63) is 87.3 Å². The zero-order valence-corrected chi connectivity index (χ0v) is 18.0. The Morgan fingerprint density at radius 3 is 2.47 bits per heavy atom. The van der Waals surface area contributed by atoms with Gasteiger partial charge in [-0.1, -0.05) is 48.0 Å². The van der Waals surface area contributed by atoms with Gasteiger partial charge in [-0.05, 0) is 24.3 Å². The number of ether oxygens (including phenoxy) is 1. The SMILES string of the molecule is O=C(C1=Cc2ccccc2OC1)N1CCN(c2cnn(-c3ccccc3)c(=O)c2Cl)CC1. The summed E-state index contributed by atoms with van der Waals surface area (Å²) < 4.78 is 7.02. The maximum absolute atomic E-state index is 13.0. The van der Waals surface area contributed by atoms with Crippen LogP contribution in [0.3, 0.4) is 0 Å². The third-order valence-electron chi connectivity index (χ3n) is 5.72. The van der Waals surface area contributed by atoms with Crippen LogP contribution in [-0.4, -0.2) is 53.4 Å². The lowest BCUT2D eigenvalue weighted by atomic mass is 10.1. The zero-order chi connectivity index (χ0) is 22.1. The monoisotopic (exact) mass is 448 g/mol. The van der Waals surface area contributed by atoms with Gasteiger partial charge in [0, 0.05) is 31.7 Å². The maximum Gasteiger partial charge on any atom is 0.292 e. The van der Waals surface area contributed by atoms with E-state index in [4.69, 9.17) is 16.3 Å². The number of carbonyl (C=O) groups is 1. The second kappa shape index (κ2) is 8.51. The van der Waals surface area contributed by atoms with Gasteiger partial charge in [-0.3, -0.25) is 9.59 Å². The van der Waals surface area contributed by atoms with Crippen molar-refractivity contribution in [2.45, 2.75) is 0 Å². The fourth-order valence-electron chi connectivity index (χ4n) is 3.99. The van der Waals surface area contributed by atoms with Crippen molar-refractivity contribution >= 4 is 29.3 Å². The van der Waals surface area contributed by atoms with Crippen LogP contribution >= 0.6 is 11.6 Å². The Morgan fingerprint density at radius 2 is 1.69 bits per heavy atom. The largest absolute Gasteiger partial charge is 0.488 e. The van der Waals surface area contributed by atoms with Crippen LogP contribution in [0.25, 0.3) is 11.8 Å². The standard InChI is InChI=1S/C24H21ClN4O3/c25-22-20(15-26-29(24(22)31)19-7-2-1-3-8-19)27-10-12-28(13-11-27)23(30)18-14-17-6-4-5-9-21(17)32-16-18/h1-9,14-15H,10-13,16H2. The van der Waals surface area contributed by atoms with E-state index >= 15 is 0 Å². The number of nitrogens with zero attached hydrogens (tertiary/aromatic N) is 4. The molecule has 0 aliphatic carbocycles. The first-order valence-electron chi connectivity index (χ1n) is 10.4. The molecule has 8 heteroatoms. The van der Waals surface area contributed by atoms with E-state index in [1.165, 1.54) is 4.68 Å². The zero-order valence-electron chi connectivity index (χ0n) is 17.3. The Kier molecular flexibility index (Phi) is 5.41. The number of para-hydroxylation sites is 2. The summed E-state index contributed by atoms with van der Waals surface area (Å²) in [5.74, 6) is 0.768. The summed E-state index contributed by atoms with van der Waals surface area (Å²) >= 11 is 6.43. The van der Waals surface area contributed by atoms with Crippen LogP contribution in [0.15, 0.2) is 71.2 Å². The van der Waals surface area contributed by atoms with Gasteiger partial charge in [0.25, 0.3) is 11.5 Å². The molecule has 1 aromatic heterocycles. The number of anilines is 1. The highest BCUT2D eigenvalue weighted by molar-refractivity contribution is 6.33. The molecule has 3 aromatic rings. The van der Waals surface area contributed by atoms with Crippen molar-refractivity contribution in [3.63, 3.8) is 0 Å². The second-order valence-electron chi connectivity index (χ2n) is 7.67. The number of hydrogen-bond donors (Lipinski definition) is 0. The molecule has 0 spiro atoms. The molecular formula is C24H21ClN4O3. The summed E-state index contributed by atoms with van der Waals surface area (Å²) in [6.45, 7) is 2.44. The number of hydrogen-bond acceptors (Lipinski definition) is 5. The van der Waals surface area contributed by atoms with Crippen LogP contribution in [0.2, 0.25) is 5.02 Å². The Morgan fingerprint density at radius 1 is 0.969 bits per heavy atom. The summed E-state index contributed by atoms with van der Waals surface area (Å²) in [5.41, 5.74) is 2.44. The topological polar surface area (TPSA) is 67.7 Å². The molecule has 32 heavy (non-hydrogen) atoms. The lowest BCUT2D eigenvalue weighted by Gasteiger charge is -2.36. The summed E-state index contributed by atoms with van der Waals surface area (Å²) in [7, 11) is 0. The minimum atomic E-state index is -0.364. The first-order chi connectivity index (χ1) is 15.6. The predicted octanol–water partition coefficient (Wildman–Crippen LogP) is 3.01. The van der Waals surface area contributed by atoms with E-state index in [2.05, 4.69) is 5.10 Å². The molecule has 0 saturated carbocycles. The molecule has 7 nitrogen and oxygen atoms in total. The molecule has 2 aliphatic heterocycles. The van der Waals surface area contributed by atoms with E-state index in [0.717, 1.165) is 11.3 Å². The molecule has 0 radical (unpaired) electrons. The van der Waals surface area contributed by atoms with E-state index in [9.17, 15) is 9.59 Å². The number of rotatable bonds is 3. The van der Waals surface area contributed by atoms with Crippen molar-refractivity contribution in [2.75, 3.05) is 37.7 Å². The molecule has 2 aromatic carbocycles. The summed E-state index contributed by atoms with van der Waals surface area (Å²) in [6.07, 6.45) is 3.51. The molecule has 3 heterocycles. The average molecular weight is 449 g/mol. The van der Waals surface area contributed by atoms with Crippen LogP contribution in [0.1, 0.15) is 5.56 Å². The summed E-state index contributed by atoms with van der Waals surface area (Å²) in [6, 6.07) is 16.8. The molecule has 0 unspecified atom stereocenters. The van der Waals surface area contributed by atoms with Crippen LogP contribution in [0, 0.1) is 0 Å². The number of fused-ring (bicyclic) bond motifs is 1. The first kappa shape index (κ1) is 20.3. The fourth-order valence-corrected chi connectivity index (χ4v) is 4.24. The average Bonchev–Trinajstić information content (AvgIpc) is 2.85. The number of piperazine rings is 1. The molecular weight excluding hydrogens is 428 g/mol. The Bertz CT molecular complexity index is 1250. The lowest BCUT2D eigenvalue weighted by molar-refractivity contribution is -0.127. The van der Waals surface area contributed by atoms with Gasteiger partial charge >= 0.3 is 0 Å². The Labute approximate surface area is 190 Å². The fraction of sp³-hybridized carbons (Fsp3) is 0.208. The quantitative estimate of drug-likeness (QED) is 0.616. The first-order valence-corrected chi connectivity index (χ1v) is 10.8. The van der Waals surface area contributed by atoms with Gasteiger partial charge in [0.2, 0.25) is 0 Å². The van der Waals surface area contributed by atoms with Crippen LogP contribution < -0.4 is 15.2 Å². The smallest absolute Gasteiger partial charge is 0.292 e. The van der Waals surface area contributed by atoms with E-state index in [1.807, 2.05) is 58.3 Å². The Hall–Kier alpha value is -3.58. The van der Waals surface area contributed by atoms with Gasteiger partial charge in [0.05, 0.1) is 23.1 Å². The third-order valence-corrected chi connectivity index (χ3v) is 6.07. The van der Waals surface area contributed by atoms with Crippen molar-refractivity contribution in [3.8, 4) is 11.4 Å². The highest BCUT2D eigenvalue weighted by Crippen LogP contribution is 2.27. The third kappa shape index (κ3) is 3.76. The molecule has 5 rings (SSSR count). The van der Waals surface area contributed by atoms with Gasteiger partial charge in [-0.2, -0.15) is 9.78 Å². The van der Waals surface area contributed by atoms with Gasteiger partial charge in [-0.25, -0.2) is 0 Å². The minimum absolute atomic E-state index is 0.0251. The molecule has 162 valence electrons. The number of carbonyl (C=O) groups excluding carboxylic acids is 1. The summed E-state index contributed by atoms with van der Waals surface area (Å²) in [4.78, 5) is 29.6. The Balaban J connectivity index is 1.29. The second-order valence-corrected chi connectivity index (χ2v) is 8.05. The van der Waals surface area contributed by atoms with E-state index < -0.39 is 0 Å². The normalized spacial score (nSPS) is 15.6. The van der Waals surface area contributed by atoms with Crippen LogP contribution in [-0.2, 0) is 4.79 Å². The number of benzene rings is 2. The van der Waals surface area contributed by atoms with Crippen LogP contribution in [0.5, 0.6) is 5.75 Å². The number of aromatic nitrogens is 2. The number of halogens is 1. The van der Waals surface area contributed by atoms with Crippen molar-refractivity contribution in [1.29, 1.82) is 0 Å². The van der Waals surface area contributed by atoms with Gasteiger partial charge in [0.15, 0.2) is 0 Å². The molecule has 1 amide bonds. The molecule has 1 saturated heterocycles. The van der Waals surface area contributed by atoms with Gasteiger partial charge in [0.1, 0.15) is 17.4 Å². The van der Waals surface area contributed by atoms with Crippen molar-refractivity contribution in [1.82, 2.24) is 14.7 Å². The molecule has 1 fully saturated rings. The van der Waals surface area contributed by atoms with E-state index in [1.54, 1.807) is 18.3 Å². The minimum Gasteiger partial charge on any atom is -0.488 e. The molecule has 0 bridgehead atoms. The molecule has 0 atom stereocenters. The predicted molar refractivity (Wildman–Crippen MR) is 124 cm³/mol. The highest BCUT2D eigenvalue weighted by atomic mass is 35.5. The van der Waals surface area contributed by atoms with Gasteiger partial charge in [-0.15, -0.1) is 0 Å². The summed E-state index contributed by atoms with van der Waals surface area (Å²) in [5, 5.41) is 4.43. The number of amides is 1. The molecule has 2 aliphatic rings. The molecule has 0 N–H and O–H groups in total. The van der Waals surface area contributed by atoms with Crippen molar-refractivity contribution < 1.29 is 9.53 Å². The highest BCUT2D eigenvalue weighted by Gasteiger charge is 2.27. The maximum atomic E-state index is 13.0. The van der Waals surface area contributed by atoms with E-state index in [0.29, 0.717) is 43.1 Å². The van der Waals surface area contributed by atoms with Crippen LogP contribution in [0.4, 0.5) is 5.69 Å².